The van der Waals surface area contributed by atoms with E-state index in [1.807, 2.05) is 12.3 Å². The van der Waals surface area contributed by atoms with Gasteiger partial charge in [-0.2, -0.15) is 11.8 Å². The van der Waals surface area contributed by atoms with Crippen molar-refractivity contribution in [2.24, 2.45) is 0 Å². The van der Waals surface area contributed by atoms with Crippen molar-refractivity contribution >= 4 is 11.8 Å². The number of aryl methyl sites for hydroxylation is 1. The van der Waals surface area contributed by atoms with Crippen LogP contribution in [-0.2, 0) is 6.54 Å². The summed E-state index contributed by atoms with van der Waals surface area (Å²) >= 11 is 2.10. The van der Waals surface area contributed by atoms with E-state index in [1.54, 1.807) is 0 Å². The smallest absolute Gasteiger partial charge is 0.110 e. The highest BCUT2D eigenvalue weighted by Crippen LogP contribution is 2.37. The molecule has 4 heteroatoms. The number of hydrogen-bond acceptors (Lipinski definition) is 3. The minimum atomic E-state index is 0.409. The number of imidazole rings is 1. The second-order valence-corrected chi connectivity index (χ2v) is 7.66. The second-order valence-electron chi connectivity index (χ2n) is 5.97. The molecule has 1 unspecified atom stereocenters. The van der Waals surface area contributed by atoms with Gasteiger partial charge in [0.25, 0.3) is 0 Å². The number of aromatic nitrogens is 2. The molecule has 1 aliphatic heterocycles. The van der Waals surface area contributed by atoms with Gasteiger partial charge in [-0.25, -0.2) is 4.98 Å². The number of para-hydroxylation sites is 1. The number of rotatable bonds is 5. The van der Waals surface area contributed by atoms with Crippen LogP contribution in [0.5, 0.6) is 0 Å². The Kier molecular flexibility index (Phi) is 4.36. The molecule has 0 amide bonds. The monoisotopic (exact) mass is 301 g/mol. The van der Waals surface area contributed by atoms with Crippen LogP contribution in [0.4, 0.5) is 0 Å². The van der Waals surface area contributed by atoms with Crippen LogP contribution in [0.25, 0.3) is 5.69 Å². The van der Waals surface area contributed by atoms with Gasteiger partial charge in [-0.15, -0.1) is 0 Å². The predicted octanol–water partition coefficient (Wildman–Crippen LogP) is 3.56. The molecule has 112 valence electrons. The van der Waals surface area contributed by atoms with Crippen LogP contribution >= 0.6 is 11.8 Å². The Balaban J connectivity index is 1.69. The predicted molar refractivity (Wildman–Crippen MR) is 90.1 cm³/mol. The van der Waals surface area contributed by atoms with Gasteiger partial charge in [-0.3, -0.25) is 4.57 Å². The zero-order chi connectivity index (χ0) is 14.7. The Morgan fingerprint density at radius 3 is 2.86 bits per heavy atom. The molecule has 21 heavy (non-hydrogen) atoms. The summed E-state index contributed by atoms with van der Waals surface area (Å²) in [4.78, 5) is 4.48. The maximum atomic E-state index is 4.48. The SMILES string of the molecule is Cc1ncc(CNCC2(C)CCCS2)n1-c1ccccc1. The molecule has 1 aromatic heterocycles. The van der Waals surface area contributed by atoms with Gasteiger partial charge >= 0.3 is 0 Å². The van der Waals surface area contributed by atoms with Crippen LogP contribution in [0, 0.1) is 6.92 Å². The molecule has 1 atom stereocenters. The molecule has 0 aliphatic carbocycles. The first-order valence-electron chi connectivity index (χ1n) is 7.61. The van der Waals surface area contributed by atoms with Crippen LogP contribution < -0.4 is 5.32 Å². The van der Waals surface area contributed by atoms with Gasteiger partial charge in [-0.1, -0.05) is 18.2 Å². The molecule has 1 N–H and O–H groups in total. The van der Waals surface area contributed by atoms with Gasteiger partial charge in [0.05, 0.1) is 11.9 Å². The summed E-state index contributed by atoms with van der Waals surface area (Å²) in [5, 5.41) is 3.63. The minimum Gasteiger partial charge on any atom is -0.310 e. The molecule has 1 fully saturated rings. The van der Waals surface area contributed by atoms with Crippen LogP contribution in [0.3, 0.4) is 0 Å². The number of nitrogens with zero attached hydrogens (tertiary/aromatic N) is 2. The molecule has 1 aromatic carbocycles. The molecular weight excluding hydrogens is 278 g/mol. The van der Waals surface area contributed by atoms with Gasteiger partial charge in [0.15, 0.2) is 0 Å². The molecule has 0 saturated carbocycles. The Labute approximate surface area is 131 Å². The van der Waals surface area contributed by atoms with E-state index in [4.69, 9.17) is 0 Å². The number of benzene rings is 1. The van der Waals surface area contributed by atoms with E-state index in [-0.39, 0.29) is 0 Å². The minimum absolute atomic E-state index is 0.409. The van der Waals surface area contributed by atoms with Crippen LogP contribution in [0.15, 0.2) is 36.5 Å². The average Bonchev–Trinajstić information content (AvgIpc) is 3.07. The van der Waals surface area contributed by atoms with Crippen LogP contribution in [0.2, 0.25) is 0 Å². The Morgan fingerprint density at radius 2 is 2.14 bits per heavy atom. The van der Waals surface area contributed by atoms with E-state index >= 15 is 0 Å². The lowest BCUT2D eigenvalue weighted by molar-refractivity contribution is 0.531. The normalized spacial score (nSPS) is 21.8. The lowest BCUT2D eigenvalue weighted by Gasteiger charge is -2.23. The third-order valence-electron chi connectivity index (χ3n) is 4.13. The molecule has 1 aliphatic rings. The summed E-state index contributed by atoms with van der Waals surface area (Å²) in [5.74, 6) is 2.35. The van der Waals surface area contributed by atoms with Crippen molar-refractivity contribution < 1.29 is 0 Å². The average molecular weight is 301 g/mol. The fraction of sp³-hybridized carbons (Fsp3) is 0.471. The summed E-state index contributed by atoms with van der Waals surface area (Å²) in [5.41, 5.74) is 2.41. The van der Waals surface area contributed by atoms with Gasteiger partial charge in [0.2, 0.25) is 0 Å². The van der Waals surface area contributed by atoms with E-state index in [2.05, 4.69) is 64.7 Å². The van der Waals surface area contributed by atoms with Gasteiger partial charge < -0.3 is 5.32 Å². The van der Waals surface area contributed by atoms with Crippen molar-refractivity contribution in [2.45, 2.75) is 38.0 Å². The summed E-state index contributed by atoms with van der Waals surface area (Å²) in [7, 11) is 0. The first kappa shape index (κ1) is 14.7. The molecule has 3 rings (SSSR count). The highest BCUT2D eigenvalue weighted by Gasteiger charge is 2.28. The van der Waals surface area contributed by atoms with Crippen molar-refractivity contribution in [1.82, 2.24) is 14.9 Å². The Morgan fingerprint density at radius 1 is 1.33 bits per heavy atom. The van der Waals surface area contributed by atoms with Crippen molar-refractivity contribution in [3.05, 3.63) is 48.0 Å². The topological polar surface area (TPSA) is 29.9 Å². The molecular formula is C17H23N3S. The van der Waals surface area contributed by atoms with Gasteiger partial charge in [0.1, 0.15) is 5.82 Å². The van der Waals surface area contributed by atoms with Crippen molar-refractivity contribution in [1.29, 1.82) is 0 Å². The number of hydrogen-bond donors (Lipinski definition) is 1. The zero-order valence-electron chi connectivity index (χ0n) is 12.8. The molecule has 0 bridgehead atoms. The van der Waals surface area contributed by atoms with Crippen LogP contribution in [0.1, 0.15) is 31.3 Å². The highest BCUT2D eigenvalue weighted by atomic mass is 32.2. The highest BCUT2D eigenvalue weighted by molar-refractivity contribution is 8.00. The number of thioether (sulfide) groups is 1. The van der Waals surface area contributed by atoms with E-state index < -0.39 is 0 Å². The van der Waals surface area contributed by atoms with Crippen LogP contribution in [-0.4, -0.2) is 26.6 Å². The first-order chi connectivity index (χ1) is 10.2. The summed E-state index contributed by atoms with van der Waals surface area (Å²) in [6, 6.07) is 10.5. The maximum Gasteiger partial charge on any atom is 0.110 e. The fourth-order valence-corrected chi connectivity index (χ4v) is 4.25. The lowest BCUT2D eigenvalue weighted by Crippen LogP contribution is -2.32. The summed E-state index contributed by atoms with van der Waals surface area (Å²) < 4.78 is 2.64. The third-order valence-corrected chi connectivity index (χ3v) is 5.67. The molecule has 2 heterocycles. The first-order valence-corrected chi connectivity index (χ1v) is 8.60. The lowest BCUT2D eigenvalue weighted by atomic mass is 10.1. The second kappa shape index (κ2) is 6.24. The molecule has 1 saturated heterocycles. The quantitative estimate of drug-likeness (QED) is 0.916. The van der Waals surface area contributed by atoms with Crippen molar-refractivity contribution in [3.8, 4) is 5.69 Å². The Bertz CT molecular complexity index is 585. The molecule has 0 spiro atoms. The van der Waals surface area contributed by atoms with Crippen molar-refractivity contribution in [2.75, 3.05) is 12.3 Å². The fourth-order valence-electron chi connectivity index (χ4n) is 2.98. The summed E-state index contributed by atoms with van der Waals surface area (Å²) in [6.07, 6.45) is 4.66. The van der Waals surface area contributed by atoms with E-state index in [1.165, 1.54) is 30.0 Å². The molecule has 0 radical (unpaired) electrons. The molecule has 3 nitrogen and oxygen atoms in total. The van der Waals surface area contributed by atoms with Gasteiger partial charge in [-0.05, 0) is 44.6 Å². The van der Waals surface area contributed by atoms with Crippen molar-refractivity contribution in [3.63, 3.8) is 0 Å². The summed E-state index contributed by atoms with van der Waals surface area (Å²) in [6.45, 7) is 6.37. The van der Waals surface area contributed by atoms with E-state index in [0.717, 1.165) is 18.9 Å². The van der Waals surface area contributed by atoms with Gasteiger partial charge in [0, 0.05) is 23.5 Å². The Hall–Kier alpha value is -1.26. The largest absolute Gasteiger partial charge is 0.310 e. The standard InChI is InChI=1S/C17H23N3S/c1-14-19-12-16(20(14)15-7-4-3-5-8-15)11-18-13-17(2)9-6-10-21-17/h3-5,7-8,12,18H,6,9-11,13H2,1-2H3. The molecule has 2 aromatic rings. The maximum absolute atomic E-state index is 4.48. The van der Waals surface area contributed by atoms with E-state index in [9.17, 15) is 0 Å². The number of nitrogens with one attached hydrogen (secondary N) is 1. The zero-order valence-corrected chi connectivity index (χ0v) is 13.6. The van der Waals surface area contributed by atoms with E-state index in [0.29, 0.717) is 4.75 Å². The third kappa shape index (κ3) is 3.33.